The fourth-order valence-electron chi connectivity index (χ4n) is 2.20. The highest BCUT2D eigenvalue weighted by Crippen LogP contribution is 2.39. The van der Waals surface area contributed by atoms with Crippen LogP contribution >= 0.6 is 11.3 Å². The van der Waals surface area contributed by atoms with Crippen molar-refractivity contribution in [1.82, 2.24) is 9.97 Å². The van der Waals surface area contributed by atoms with Crippen LogP contribution in [-0.2, 0) is 0 Å². The summed E-state index contributed by atoms with van der Waals surface area (Å²) in [5.74, 6) is 0.343. The van der Waals surface area contributed by atoms with Gasteiger partial charge in [-0.3, -0.25) is 4.79 Å². The average molecular weight is 274 g/mol. The molecular formula is C13H14N4OS. The van der Waals surface area contributed by atoms with Crippen LogP contribution in [0.5, 0.6) is 0 Å². The first-order valence-corrected chi connectivity index (χ1v) is 7.05. The molecule has 0 saturated heterocycles. The second kappa shape index (κ2) is 4.62. The van der Waals surface area contributed by atoms with Gasteiger partial charge < -0.3 is 11.5 Å². The standard InChI is InChI=1S/C13H14N4OS/c14-11-10(8(12(15)18)4-5-16-11)13-17-9(6-19-13)7-2-1-3-7/h4-7H,1-3H2,(H2,14,16)(H2,15,18). The lowest BCUT2D eigenvalue weighted by molar-refractivity contribution is 0.100. The number of nitrogens with zero attached hydrogens (tertiary/aromatic N) is 2. The van der Waals surface area contributed by atoms with Crippen molar-refractivity contribution < 1.29 is 4.79 Å². The molecule has 0 bridgehead atoms. The molecule has 5 nitrogen and oxygen atoms in total. The van der Waals surface area contributed by atoms with E-state index in [1.165, 1.54) is 36.8 Å². The second-order valence-electron chi connectivity index (χ2n) is 4.69. The fraction of sp³-hybridized carbons (Fsp3) is 0.308. The molecule has 1 aliphatic carbocycles. The van der Waals surface area contributed by atoms with Gasteiger partial charge in [0.15, 0.2) is 0 Å². The van der Waals surface area contributed by atoms with Gasteiger partial charge in [-0.25, -0.2) is 9.97 Å². The number of carbonyl (C=O) groups is 1. The first kappa shape index (κ1) is 12.1. The van der Waals surface area contributed by atoms with Crippen molar-refractivity contribution in [1.29, 1.82) is 0 Å². The van der Waals surface area contributed by atoms with Crippen molar-refractivity contribution in [2.45, 2.75) is 25.2 Å². The fourth-order valence-corrected chi connectivity index (χ4v) is 3.17. The molecule has 98 valence electrons. The third-order valence-electron chi connectivity index (χ3n) is 3.51. The van der Waals surface area contributed by atoms with Gasteiger partial charge in [0.2, 0.25) is 5.91 Å². The highest BCUT2D eigenvalue weighted by atomic mass is 32.1. The number of hydrogen-bond acceptors (Lipinski definition) is 5. The molecule has 3 rings (SSSR count). The lowest BCUT2D eigenvalue weighted by atomic mass is 9.83. The molecule has 6 heteroatoms. The number of primary amides is 1. The molecule has 19 heavy (non-hydrogen) atoms. The summed E-state index contributed by atoms with van der Waals surface area (Å²) in [5.41, 5.74) is 13.3. The van der Waals surface area contributed by atoms with Gasteiger partial charge in [-0.1, -0.05) is 6.42 Å². The maximum atomic E-state index is 11.5. The van der Waals surface area contributed by atoms with Crippen molar-refractivity contribution in [2.24, 2.45) is 5.73 Å². The lowest BCUT2D eigenvalue weighted by Gasteiger charge is -2.23. The Morgan fingerprint density at radius 3 is 2.84 bits per heavy atom. The zero-order valence-corrected chi connectivity index (χ0v) is 11.1. The van der Waals surface area contributed by atoms with E-state index in [2.05, 4.69) is 9.97 Å². The maximum Gasteiger partial charge on any atom is 0.249 e. The lowest BCUT2D eigenvalue weighted by Crippen LogP contribution is -2.14. The van der Waals surface area contributed by atoms with E-state index < -0.39 is 5.91 Å². The predicted molar refractivity (Wildman–Crippen MR) is 74.9 cm³/mol. The number of thiazole rings is 1. The maximum absolute atomic E-state index is 11.5. The van der Waals surface area contributed by atoms with Gasteiger partial charge in [0, 0.05) is 17.5 Å². The summed E-state index contributed by atoms with van der Waals surface area (Å²) in [6, 6.07) is 1.58. The summed E-state index contributed by atoms with van der Waals surface area (Å²) in [5, 5.41) is 2.76. The van der Waals surface area contributed by atoms with Crippen LogP contribution in [0.4, 0.5) is 5.82 Å². The van der Waals surface area contributed by atoms with Crippen LogP contribution in [0.3, 0.4) is 0 Å². The molecule has 2 aromatic heterocycles. The summed E-state index contributed by atoms with van der Waals surface area (Å²) in [7, 11) is 0. The molecule has 0 aliphatic heterocycles. The molecule has 1 aliphatic rings. The van der Waals surface area contributed by atoms with Crippen molar-refractivity contribution in [3.63, 3.8) is 0 Å². The number of nitrogens with two attached hydrogens (primary N) is 2. The van der Waals surface area contributed by atoms with Gasteiger partial charge >= 0.3 is 0 Å². The molecule has 2 aromatic rings. The largest absolute Gasteiger partial charge is 0.383 e. The van der Waals surface area contributed by atoms with Crippen LogP contribution in [-0.4, -0.2) is 15.9 Å². The predicted octanol–water partition coefficient (Wildman–Crippen LogP) is 2.15. The van der Waals surface area contributed by atoms with Gasteiger partial charge in [0.05, 0.1) is 16.8 Å². The Labute approximate surface area is 114 Å². The van der Waals surface area contributed by atoms with Crippen molar-refractivity contribution in [3.05, 3.63) is 28.9 Å². The molecule has 2 heterocycles. The van der Waals surface area contributed by atoms with E-state index in [1.807, 2.05) is 5.38 Å². The van der Waals surface area contributed by atoms with Gasteiger partial charge in [0.25, 0.3) is 0 Å². The second-order valence-corrected chi connectivity index (χ2v) is 5.55. The number of pyridine rings is 1. The molecular weight excluding hydrogens is 260 g/mol. The van der Waals surface area contributed by atoms with Crippen LogP contribution < -0.4 is 11.5 Å². The molecule has 0 spiro atoms. The Kier molecular flexibility index (Phi) is 2.94. The smallest absolute Gasteiger partial charge is 0.249 e. The van der Waals surface area contributed by atoms with E-state index in [0.29, 0.717) is 22.9 Å². The summed E-state index contributed by atoms with van der Waals surface area (Å²) in [6.07, 6.45) is 5.13. The SMILES string of the molecule is NC(=O)c1ccnc(N)c1-c1nc(C2CCC2)cs1. The van der Waals surface area contributed by atoms with Crippen molar-refractivity contribution >= 4 is 23.1 Å². The van der Waals surface area contributed by atoms with Gasteiger partial charge in [0.1, 0.15) is 10.8 Å². The molecule has 0 unspecified atom stereocenters. The minimum Gasteiger partial charge on any atom is -0.383 e. The van der Waals surface area contributed by atoms with Gasteiger partial charge in [-0.2, -0.15) is 0 Å². The number of anilines is 1. The third-order valence-corrected chi connectivity index (χ3v) is 4.38. The Morgan fingerprint density at radius 1 is 1.42 bits per heavy atom. The molecule has 0 aromatic carbocycles. The Hall–Kier alpha value is -1.95. The van der Waals surface area contributed by atoms with Gasteiger partial charge in [-0.05, 0) is 18.9 Å². The highest BCUT2D eigenvalue weighted by Gasteiger charge is 2.24. The monoisotopic (exact) mass is 274 g/mol. The van der Waals surface area contributed by atoms with Gasteiger partial charge in [-0.15, -0.1) is 11.3 Å². The Balaban J connectivity index is 2.05. The summed E-state index contributed by atoms with van der Waals surface area (Å²) < 4.78 is 0. The molecule has 4 N–H and O–H groups in total. The average Bonchev–Trinajstić information content (AvgIpc) is 2.75. The minimum absolute atomic E-state index is 0.297. The van der Waals surface area contributed by atoms with E-state index in [-0.39, 0.29) is 0 Å². The number of aromatic nitrogens is 2. The number of amides is 1. The Bertz CT molecular complexity index is 633. The summed E-state index contributed by atoms with van der Waals surface area (Å²) in [4.78, 5) is 20.1. The topological polar surface area (TPSA) is 94.9 Å². The van der Waals surface area contributed by atoms with E-state index in [1.54, 1.807) is 6.07 Å². The highest BCUT2D eigenvalue weighted by molar-refractivity contribution is 7.13. The first-order valence-electron chi connectivity index (χ1n) is 6.17. The normalized spacial score (nSPS) is 15.2. The van der Waals surface area contributed by atoms with E-state index in [9.17, 15) is 4.79 Å². The van der Waals surface area contributed by atoms with Crippen LogP contribution in [0.1, 0.15) is 41.2 Å². The zero-order valence-electron chi connectivity index (χ0n) is 10.3. The Morgan fingerprint density at radius 2 is 2.21 bits per heavy atom. The molecule has 1 saturated carbocycles. The van der Waals surface area contributed by atoms with Crippen LogP contribution in [0.25, 0.3) is 10.6 Å². The molecule has 1 amide bonds. The van der Waals surface area contributed by atoms with E-state index in [0.717, 1.165) is 10.7 Å². The number of rotatable bonds is 3. The number of nitrogen functional groups attached to an aromatic ring is 1. The quantitative estimate of drug-likeness (QED) is 0.896. The van der Waals surface area contributed by atoms with Crippen molar-refractivity contribution in [2.75, 3.05) is 5.73 Å². The zero-order chi connectivity index (χ0) is 13.4. The minimum atomic E-state index is -0.510. The van der Waals surface area contributed by atoms with Crippen LogP contribution in [0.15, 0.2) is 17.6 Å². The number of hydrogen-bond donors (Lipinski definition) is 2. The molecule has 0 atom stereocenters. The third kappa shape index (κ3) is 2.08. The summed E-state index contributed by atoms with van der Waals surface area (Å²) >= 11 is 1.49. The molecule has 1 fully saturated rings. The van der Waals surface area contributed by atoms with Crippen LogP contribution in [0.2, 0.25) is 0 Å². The summed E-state index contributed by atoms with van der Waals surface area (Å²) in [6.45, 7) is 0. The van der Waals surface area contributed by atoms with Crippen LogP contribution in [0, 0.1) is 0 Å². The van der Waals surface area contributed by atoms with E-state index >= 15 is 0 Å². The van der Waals surface area contributed by atoms with Crippen molar-refractivity contribution in [3.8, 4) is 10.6 Å². The van der Waals surface area contributed by atoms with E-state index in [4.69, 9.17) is 11.5 Å². The number of carbonyl (C=O) groups excluding carboxylic acids is 1. The molecule has 0 radical (unpaired) electrons. The first-order chi connectivity index (χ1) is 9.16.